The molecule has 0 saturated heterocycles. The van der Waals surface area contributed by atoms with Crippen molar-refractivity contribution in [1.82, 2.24) is 5.32 Å². The van der Waals surface area contributed by atoms with E-state index in [0.717, 1.165) is 5.56 Å². The number of nitrogens with one attached hydrogen (secondary N) is 1. The molecule has 0 aliphatic carbocycles. The lowest BCUT2D eigenvalue weighted by atomic mass is 10.1. The minimum Gasteiger partial charge on any atom is -0.394 e. The van der Waals surface area contributed by atoms with E-state index in [-0.39, 0.29) is 25.2 Å². The number of benzene rings is 1. The van der Waals surface area contributed by atoms with Crippen LogP contribution in [0.3, 0.4) is 0 Å². The Morgan fingerprint density at radius 2 is 2.11 bits per heavy atom. The minimum absolute atomic E-state index is 0.125. The monoisotopic (exact) mass is 252 g/mol. The van der Waals surface area contributed by atoms with Crippen LogP contribution in [-0.2, 0) is 16.0 Å². The van der Waals surface area contributed by atoms with Crippen LogP contribution in [0.25, 0.3) is 0 Å². The van der Waals surface area contributed by atoms with Crippen LogP contribution in [0.15, 0.2) is 30.3 Å². The van der Waals surface area contributed by atoms with Crippen molar-refractivity contribution >= 4 is 5.91 Å². The van der Waals surface area contributed by atoms with Crippen LogP contribution < -0.4 is 11.1 Å². The minimum atomic E-state index is -0.708. The summed E-state index contributed by atoms with van der Waals surface area (Å²) >= 11 is 0. The van der Waals surface area contributed by atoms with Crippen LogP contribution in [0.5, 0.6) is 0 Å². The van der Waals surface area contributed by atoms with Crippen molar-refractivity contribution < 1.29 is 14.6 Å². The molecule has 100 valence electrons. The summed E-state index contributed by atoms with van der Waals surface area (Å²) in [6.07, 6.45) is 0.572. The fourth-order valence-electron chi connectivity index (χ4n) is 1.62. The topological polar surface area (TPSA) is 84.6 Å². The maximum Gasteiger partial charge on any atom is 0.239 e. The van der Waals surface area contributed by atoms with Gasteiger partial charge in [0, 0.05) is 7.11 Å². The molecule has 5 heteroatoms. The first-order valence-electron chi connectivity index (χ1n) is 5.87. The van der Waals surface area contributed by atoms with Crippen molar-refractivity contribution in [2.24, 2.45) is 5.73 Å². The number of amides is 1. The highest BCUT2D eigenvalue weighted by Crippen LogP contribution is 2.03. The van der Waals surface area contributed by atoms with Gasteiger partial charge in [0.1, 0.15) is 6.04 Å². The summed E-state index contributed by atoms with van der Waals surface area (Å²) < 4.78 is 4.81. The van der Waals surface area contributed by atoms with E-state index in [1.54, 1.807) is 0 Å². The van der Waals surface area contributed by atoms with E-state index in [1.807, 2.05) is 30.3 Å². The second-order valence-electron chi connectivity index (χ2n) is 4.14. The molecule has 0 fully saturated rings. The largest absolute Gasteiger partial charge is 0.394 e. The van der Waals surface area contributed by atoms with Gasteiger partial charge in [0.05, 0.1) is 19.3 Å². The van der Waals surface area contributed by atoms with E-state index in [9.17, 15) is 9.90 Å². The first-order valence-corrected chi connectivity index (χ1v) is 5.87. The van der Waals surface area contributed by atoms with Crippen molar-refractivity contribution in [3.05, 3.63) is 35.9 Å². The van der Waals surface area contributed by atoms with Gasteiger partial charge in [0.2, 0.25) is 5.91 Å². The van der Waals surface area contributed by atoms with E-state index < -0.39 is 6.04 Å². The van der Waals surface area contributed by atoms with Gasteiger partial charge in [-0.2, -0.15) is 0 Å². The van der Waals surface area contributed by atoms with Crippen LogP contribution in [0.4, 0.5) is 0 Å². The average molecular weight is 252 g/mol. The fraction of sp³-hybridized carbons (Fsp3) is 0.462. The SMILES string of the molecule is COCC(N)C(=O)NC(CO)Cc1ccccc1. The summed E-state index contributed by atoms with van der Waals surface area (Å²) in [5, 5.41) is 12.0. The van der Waals surface area contributed by atoms with Crippen LogP contribution in [0.2, 0.25) is 0 Å². The van der Waals surface area contributed by atoms with E-state index in [4.69, 9.17) is 10.5 Å². The van der Waals surface area contributed by atoms with Crippen molar-refractivity contribution in [2.45, 2.75) is 18.5 Å². The number of aliphatic hydroxyl groups excluding tert-OH is 1. The van der Waals surface area contributed by atoms with Gasteiger partial charge in [0.25, 0.3) is 0 Å². The third-order valence-corrected chi connectivity index (χ3v) is 2.57. The molecule has 0 spiro atoms. The maximum absolute atomic E-state index is 11.7. The van der Waals surface area contributed by atoms with Crippen LogP contribution in [-0.4, -0.2) is 43.4 Å². The Labute approximate surface area is 107 Å². The average Bonchev–Trinajstić information content (AvgIpc) is 2.39. The van der Waals surface area contributed by atoms with Crippen LogP contribution in [0, 0.1) is 0 Å². The summed E-state index contributed by atoms with van der Waals surface area (Å²) in [6.45, 7) is 0.0374. The Balaban J connectivity index is 2.49. The van der Waals surface area contributed by atoms with Crippen molar-refractivity contribution in [3.8, 4) is 0 Å². The summed E-state index contributed by atoms with van der Waals surface area (Å²) in [6, 6.07) is 8.62. The normalized spacial score (nSPS) is 13.9. The number of ether oxygens (including phenoxy) is 1. The Hall–Kier alpha value is -1.43. The van der Waals surface area contributed by atoms with Gasteiger partial charge >= 0.3 is 0 Å². The molecule has 5 nitrogen and oxygen atoms in total. The maximum atomic E-state index is 11.7. The summed E-state index contributed by atoms with van der Waals surface area (Å²) in [5.74, 6) is -0.313. The van der Waals surface area contributed by atoms with Gasteiger partial charge in [-0.1, -0.05) is 30.3 Å². The Morgan fingerprint density at radius 1 is 1.44 bits per heavy atom. The highest BCUT2D eigenvalue weighted by atomic mass is 16.5. The second-order valence-corrected chi connectivity index (χ2v) is 4.14. The molecule has 0 aliphatic heterocycles. The van der Waals surface area contributed by atoms with E-state index in [0.29, 0.717) is 6.42 Å². The third kappa shape index (κ3) is 4.83. The zero-order valence-electron chi connectivity index (χ0n) is 10.5. The smallest absolute Gasteiger partial charge is 0.239 e. The first kappa shape index (κ1) is 14.6. The molecule has 1 aromatic carbocycles. The van der Waals surface area contributed by atoms with Gasteiger partial charge in [0.15, 0.2) is 0 Å². The molecule has 0 aliphatic rings. The van der Waals surface area contributed by atoms with Gasteiger partial charge in [-0.3, -0.25) is 4.79 Å². The number of methoxy groups -OCH3 is 1. The predicted octanol–water partition coefficient (Wildman–Crippen LogP) is -0.320. The lowest BCUT2D eigenvalue weighted by molar-refractivity contribution is -0.124. The van der Waals surface area contributed by atoms with E-state index in [1.165, 1.54) is 7.11 Å². The van der Waals surface area contributed by atoms with E-state index in [2.05, 4.69) is 5.32 Å². The molecular weight excluding hydrogens is 232 g/mol. The number of hydrogen-bond donors (Lipinski definition) is 3. The lowest BCUT2D eigenvalue weighted by Crippen LogP contribution is -2.49. The standard InChI is InChI=1S/C13H20N2O3/c1-18-9-12(14)13(17)15-11(8-16)7-10-5-3-2-4-6-10/h2-6,11-12,16H,7-9,14H2,1H3,(H,15,17). The molecule has 1 rings (SSSR count). The number of nitrogens with two attached hydrogens (primary N) is 1. The second kappa shape index (κ2) is 7.81. The number of carbonyl (C=O) groups excluding carboxylic acids is 1. The van der Waals surface area contributed by atoms with Crippen LogP contribution in [0.1, 0.15) is 5.56 Å². The highest BCUT2D eigenvalue weighted by molar-refractivity contribution is 5.81. The molecule has 18 heavy (non-hydrogen) atoms. The number of carbonyl (C=O) groups is 1. The van der Waals surface area contributed by atoms with Gasteiger partial charge < -0.3 is 20.9 Å². The molecule has 0 bridgehead atoms. The summed E-state index contributed by atoms with van der Waals surface area (Å²) in [7, 11) is 1.49. The summed E-state index contributed by atoms with van der Waals surface area (Å²) in [4.78, 5) is 11.7. The number of hydrogen-bond acceptors (Lipinski definition) is 4. The van der Waals surface area contributed by atoms with Crippen LogP contribution >= 0.6 is 0 Å². The Morgan fingerprint density at radius 3 is 2.67 bits per heavy atom. The number of rotatable bonds is 7. The predicted molar refractivity (Wildman–Crippen MR) is 69.0 cm³/mol. The zero-order valence-corrected chi connectivity index (χ0v) is 10.5. The molecular formula is C13H20N2O3. The summed E-state index contributed by atoms with van der Waals surface area (Å²) in [5.41, 5.74) is 6.66. The van der Waals surface area contributed by atoms with Crippen molar-refractivity contribution in [2.75, 3.05) is 20.3 Å². The van der Waals surface area contributed by atoms with Gasteiger partial charge in [-0.05, 0) is 12.0 Å². The first-order chi connectivity index (χ1) is 8.67. The Bertz CT molecular complexity index is 357. The molecule has 2 unspecified atom stereocenters. The molecule has 0 aromatic heterocycles. The zero-order chi connectivity index (χ0) is 13.4. The van der Waals surface area contributed by atoms with Gasteiger partial charge in [-0.25, -0.2) is 0 Å². The Kier molecular flexibility index (Phi) is 6.35. The lowest BCUT2D eigenvalue weighted by Gasteiger charge is -2.19. The fourth-order valence-corrected chi connectivity index (χ4v) is 1.62. The van der Waals surface area contributed by atoms with Crippen molar-refractivity contribution in [3.63, 3.8) is 0 Å². The van der Waals surface area contributed by atoms with E-state index >= 15 is 0 Å². The third-order valence-electron chi connectivity index (χ3n) is 2.57. The number of aliphatic hydroxyl groups is 1. The van der Waals surface area contributed by atoms with Crippen molar-refractivity contribution in [1.29, 1.82) is 0 Å². The van der Waals surface area contributed by atoms with Gasteiger partial charge in [-0.15, -0.1) is 0 Å². The molecule has 0 radical (unpaired) electrons. The highest BCUT2D eigenvalue weighted by Gasteiger charge is 2.17. The molecule has 4 N–H and O–H groups in total. The molecule has 2 atom stereocenters. The molecule has 0 saturated carbocycles. The molecule has 1 aromatic rings. The molecule has 1 amide bonds. The molecule has 0 heterocycles. The quantitative estimate of drug-likeness (QED) is 0.621.